The third-order valence-electron chi connectivity index (χ3n) is 3.22. The van der Waals surface area contributed by atoms with Crippen molar-refractivity contribution in [3.05, 3.63) is 54.1 Å². The minimum atomic E-state index is 0.186. The largest absolute Gasteiger partial charge is 0.464 e. The molecule has 22 heavy (non-hydrogen) atoms. The molecule has 6 nitrogen and oxygen atoms in total. The molecular formula is C15H10ClN5O. The summed E-state index contributed by atoms with van der Waals surface area (Å²) in [6.07, 6.45) is 3.26. The number of furan rings is 1. The first-order chi connectivity index (χ1) is 10.8. The molecule has 4 rings (SSSR count). The normalized spacial score (nSPS) is 11.0. The van der Waals surface area contributed by atoms with Crippen LogP contribution >= 0.6 is 11.6 Å². The van der Waals surface area contributed by atoms with Gasteiger partial charge < -0.3 is 9.73 Å². The molecule has 108 valence electrons. The van der Waals surface area contributed by atoms with Gasteiger partial charge in [-0.3, -0.25) is 5.10 Å². The van der Waals surface area contributed by atoms with E-state index in [9.17, 15) is 0 Å². The number of H-pyrrole nitrogens is 1. The average molecular weight is 312 g/mol. The molecule has 0 unspecified atom stereocenters. The molecule has 0 bridgehead atoms. The van der Waals surface area contributed by atoms with E-state index in [0.717, 1.165) is 22.2 Å². The Morgan fingerprint density at radius 3 is 2.95 bits per heavy atom. The maximum absolute atomic E-state index is 5.76. The number of hydrogen-bond acceptors (Lipinski definition) is 5. The lowest BCUT2D eigenvalue weighted by Gasteiger charge is -2.00. The molecule has 2 N–H and O–H groups in total. The molecule has 0 atom stereocenters. The van der Waals surface area contributed by atoms with Gasteiger partial charge in [0.25, 0.3) is 0 Å². The van der Waals surface area contributed by atoms with Crippen LogP contribution in [0.5, 0.6) is 0 Å². The van der Waals surface area contributed by atoms with Crippen molar-refractivity contribution in [1.82, 2.24) is 20.2 Å². The summed E-state index contributed by atoms with van der Waals surface area (Å²) in [5.41, 5.74) is 2.78. The van der Waals surface area contributed by atoms with Crippen LogP contribution in [0.25, 0.3) is 22.2 Å². The van der Waals surface area contributed by atoms with Gasteiger partial charge in [0.2, 0.25) is 5.28 Å². The van der Waals surface area contributed by atoms with Crippen molar-refractivity contribution >= 4 is 34.2 Å². The Kier molecular flexibility index (Phi) is 3.01. The molecule has 0 saturated carbocycles. The summed E-state index contributed by atoms with van der Waals surface area (Å²) < 4.78 is 5.34. The van der Waals surface area contributed by atoms with E-state index in [0.29, 0.717) is 11.6 Å². The maximum atomic E-state index is 5.76. The first kappa shape index (κ1) is 12.8. The van der Waals surface area contributed by atoms with Crippen LogP contribution in [0, 0.1) is 0 Å². The number of benzene rings is 1. The lowest BCUT2D eigenvalue weighted by Crippen LogP contribution is -1.94. The highest BCUT2D eigenvalue weighted by Gasteiger charge is 2.07. The molecule has 3 heterocycles. The molecule has 4 aromatic rings. The smallest absolute Gasteiger partial charge is 0.224 e. The predicted molar refractivity (Wildman–Crippen MR) is 84.1 cm³/mol. The first-order valence-corrected chi connectivity index (χ1v) is 6.94. The minimum absolute atomic E-state index is 0.186. The van der Waals surface area contributed by atoms with E-state index in [2.05, 4.69) is 25.5 Å². The number of aromatic amines is 1. The zero-order valence-corrected chi connectivity index (χ0v) is 12.0. The van der Waals surface area contributed by atoms with Crippen LogP contribution in [0.15, 0.2) is 53.3 Å². The molecular weight excluding hydrogens is 302 g/mol. The number of rotatable bonds is 3. The number of nitrogens with zero attached hydrogens (tertiary/aromatic N) is 3. The molecule has 7 heteroatoms. The van der Waals surface area contributed by atoms with Crippen LogP contribution in [-0.4, -0.2) is 20.2 Å². The quantitative estimate of drug-likeness (QED) is 0.559. The topological polar surface area (TPSA) is 79.6 Å². The lowest BCUT2D eigenvalue weighted by molar-refractivity contribution is 0.616. The summed E-state index contributed by atoms with van der Waals surface area (Å²) in [7, 11) is 0. The standard InChI is InChI=1S/C15H10ClN5O/c16-15-17-5-3-13(19-15)18-14-8-11(20-21-14)9-1-2-12-10(7-9)4-6-22-12/h1-8H,(H2,17,18,19,20,21). The van der Waals surface area contributed by atoms with Gasteiger partial charge in [0, 0.05) is 23.2 Å². The van der Waals surface area contributed by atoms with Gasteiger partial charge in [-0.2, -0.15) is 5.10 Å². The van der Waals surface area contributed by atoms with E-state index < -0.39 is 0 Å². The number of anilines is 2. The van der Waals surface area contributed by atoms with E-state index in [-0.39, 0.29) is 5.28 Å². The zero-order valence-electron chi connectivity index (χ0n) is 11.2. The van der Waals surface area contributed by atoms with Gasteiger partial charge in [0.05, 0.1) is 12.0 Å². The maximum Gasteiger partial charge on any atom is 0.224 e. The van der Waals surface area contributed by atoms with Crippen molar-refractivity contribution in [2.45, 2.75) is 0 Å². The van der Waals surface area contributed by atoms with E-state index in [4.69, 9.17) is 16.0 Å². The molecule has 0 radical (unpaired) electrons. The van der Waals surface area contributed by atoms with E-state index in [1.54, 1.807) is 18.5 Å². The first-order valence-electron chi connectivity index (χ1n) is 6.56. The third kappa shape index (κ3) is 2.40. The molecule has 0 saturated heterocycles. The van der Waals surface area contributed by atoms with Crippen molar-refractivity contribution in [3.63, 3.8) is 0 Å². The molecule has 0 aliphatic rings. The fraction of sp³-hybridized carbons (Fsp3) is 0. The summed E-state index contributed by atoms with van der Waals surface area (Å²) in [5, 5.41) is 11.5. The van der Waals surface area contributed by atoms with Gasteiger partial charge in [-0.25, -0.2) is 9.97 Å². The summed E-state index contributed by atoms with van der Waals surface area (Å²) in [4.78, 5) is 7.90. The number of fused-ring (bicyclic) bond motifs is 1. The Balaban J connectivity index is 1.63. The molecule has 3 aromatic heterocycles. The Hall–Kier alpha value is -2.86. The second-order valence-corrected chi connectivity index (χ2v) is 5.01. The Bertz CT molecular complexity index is 946. The van der Waals surface area contributed by atoms with Gasteiger partial charge in [0.1, 0.15) is 11.4 Å². The Morgan fingerprint density at radius 2 is 2.05 bits per heavy atom. The molecule has 1 aromatic carbocycles. The SMILES string of the molecule is Clc1nccc(Nc2cc(-c3ccc4occc4c3)[nH]n2)n1. The number of hydrogen-bond donors (Lipinski definition) is 2. The molecule has 0 aliphatic carbocycles. The summed E-state index contributed by atoms with van der Waals surface area (Å²) in [6, 6.07) is 11.5. The fourth-order valence-corrected chi connectivity index (χ4v) is 2.35. The molecule has 0 fully saturated rings. The van der Waals surface area contributed by atoms with Crippen molar-refractivity contribution in [3.8, 4) is 11.3 Å². The van der Waals surface area contributed by atoms with Crippen LogP contribution in [0.2, 0.25) is 5.28 Å². The summed E-state index contributed by atoms with van der Waals surface area (Å²) in [5.74, 6) is 1.24. The van der Waals surface area contributed by atoms with Crippen molar-refractivity contribution in [2.75, 3.05) is 5.32 Å². The number of nitrogens with one attached hydrogen (secondary N) is 2. The average Bonchev–Trinajstić information content (AvgIpc) is 3.15. The fourth-order valence-electron chi connectivity index (χ4n) is 2.20. The number of aromatic nitrogens is 4. The lowest BCUT2D eigenvalue weighted by atomic mass is 10.1. The van der Waals surface area contributed by atoms with Crippen LogP contribution in [0.1, 0.15) is 0 Å². The van der Waals surface area contributed by atoms with E-state index in [1.807, 2.05) is 30.3 Å². The predicted octanol–water partition coefficient (Wildman–Crippen LogP) is 4.01. The highest BCUT2D eigenvalue weighted by atomic mass is 35.5. The van der Waals surface area contributed by atoms with Gasteiger partial charge >= 0.3 is 0 Å². The van der Waals surface area contributed by atoms with Gasteiger partial charge in [-0.05, 0) is 41.9 Å². The van der Waals surface area contributed by atoms with Crippen molar-refractivity contribution < 1.29 is 4.42 Å². The van der Waals surface area contributed by atoms with Crippen molar-refractivity contribution in [1.29, 1.82) is 0 Å². The monoisotopic (exact) mass is 311 g/mol. The van der Waals surface area contributed by atoms with E-state index in [1.165, 1.54) is 0 Å². The minimum Gasteiger partial charge on any atom is -0.464 e. The summed E-state index contributed by atoms with van der Waals surface area (Å²) in [6.45, 7) is 0. The van der Waals surface area contributed by atoms with Crippen LogP contribution in [0.4, 0.5) is 11.6 Å². The van der Waals surface area contributed by atoms with Gasteiger partial charge in [-0.1, -0.05) is 0 Å². The molecule has 0 spiro atoms. The van der Waals surface area contributed by atoms with Gasteiger partial charge in [0.15, 0.2) is 5.82 Å². The second-order valence-electron chi connectivity index (χ2n) is 4.68. The van der Waals surface area contributed by atoms with E-state index >= 15 is 0 Å². The highest BCUT2D eigenvalue weighted by Crippen LogP contribution is 2.25. The molecule has 0 amide bonds. The van der Waals surface area contributed by atoms with Crippen LogP contribution in [-0.2, 0) is 0 Å². The zero-order chi connectivity index (χ0) is 14.9. The van der Waals surface area contributed by atoms with Crippen molar-refractivity contribution in [2.24, 2.45) is 0 Å². The van der Waals surface area contributed by atoms with Crippen LogP contribution < -0.4 is 5.32 Å². The summed E-state index contributed by atoms with van der Waals surface area (Å²) >= 11 is 5.76. The Labute approximate surface area is 130 Å². The number of halogens is 1. The van der Waals surface area contributed by atoms with Gasteiger partial charge in [-0.15, -0.1) is 0 Å². The Morgan fingerprint density at radius 1 is 1.09 bits per heavy atom. The highest BCUT2D eigenvalue weighted by molar-refractivity contribution is 6.28. The van der Waals surface area contributed by atoms with Crippen LogP contribution in [0.3, 0.4) is 0 Å². The third-order valence-corrected chi connectivity index (χ3v) is 3.41. The molecule has 0 aliphatic heterocycles. The second kappa shape index (κ2) is 5.16.